The van der Waals surface area contributed by atoms with Crippen LogP contribution >= 0.6 is 15.9 Å². The van der Waals surface area contributed by atoms with E-state index in [-0.39, 0.29) is 6.04 Å². The first-order valence-electron chi connectivity index (χ1n) is 4.16. The van der Waals surface area contributed by atoms with Crippen LogP contribution in [0.25, 0.3) is 0 Å². The molecule has 0 bridgehead atoms. The summed E-state index contributed by atoms with van der Waals surface area (Å²) in [5, 5.41) is 0. The van der Waals surface area contributed by atoms with Gasteiger partial charge < -0.3 is 5.73 Å². The van der Waals surface area contributed by atoms with Crippen LogP contribution in [0.3, 0.4) is 0 Å². The molecule has 12 heavy (non-hydrogen) atoms. The predicted octanol–water partition coefficient (Wildman–Crippen LogP) is 3.17. The average Bonchev–Trinajstić information content (AvgIpc) is 2.01. The highest BCUT2D eigenvalue weighted by atomic mass is 79.9. The van der Waals surface area contributed by atoms with Gasteiger partial charge in [0.15, 0.2) is 0 Å². The minimum absolute atomic E-state index is 0.168. The van der Waals surface area contributed by atoms with Crippen molar-refractivity contribution in [2.45, 2.75) is 26.3 Å². The summed E-state index contributed by atoms with van der Waals surface area (Å²) < 4.78 is 1.11. The van der Waals surface area contributed by atoms with Crippen molar-refractivity contribution in [3.63, 3.8) is 0 Å². The Balaban J connectivity index is 3.00. The Bertz CT molecular complexity index is 250. The molecule has 0 aliphatic rings. The zero-order valence-electron chi connectivity index (χ0n) is 7.47. The van der Waals surface area contributed by atoms with Crippen LogP contribution < -0.4 is 5.73 Å². The van der Waals surface area contributed by atoms with Crippen LogP contribution in [-0.4, -0.2) is 0 Å². The molecule has 2 heteroatoms. The Morgan fingerprint density at radius 2 is 2.08 bits per heavy atom. The molecule has 66 valence electrons. The predicted molar refractivity (Wildman–Crippen MR) is 56.1 cm³/mol. The zero-order chi connectivity index (χ0) is 9.14. The number of halogens is 1. The fourth-order valence-electron chi connectivity index (χ4n) is 1.21. The molecule has 1 nitrogen and oxygen atoms in total. The number of hydrogen-bond donors (Lipinski definition) is 1. The molecule has 0 saturated heterocycles. The summed E-state index contributed by atoms with van der Waals surface area (Å²) in [6.45, 7) is 4.18. The molecule has 2 N–H and O–H groups in total. The fraction of sp³-hybridized carbons (Fsp3) is 0.400. The molecule has 0 aromatic heterocycles. The minimum atomic E-state index is 0.168. The molecule has 1 aromatic rings. The van der Waals surface area contributed by atoms with Gasteiger partial charge in [0.1, 0.15) is 0 Å². The molecule has 0 amide bonds. The summed E-state index contributed by atoms with van der Waals surface area (Å²) in [4.78, 5) is 0. The van der Waals surface area contributed by atoms with Gasteiger partial charge in [0.25, 0.3) is 0 Å². The van der Waals surface area contributed by atoms with Crippen LogP contribution in [0.1, 0.15) is 30.5 Å². The Hall–Kier alpha value is -0.340. The zero-order valence-corrected chi connectivity index (χ0v) is 9.06. The molecule has 0 saturated carbocycles. The molecular formula is C10H14BrN. The summed E-state index contributed by atoms with van der Waals surface area (Å²) in [7, 11) is 0. The molecule has 0 heterocycles. The monoisotopic (exact) mass is 227 g/mol. The van der Waals surface area contributed by atoms with E-state index in [1.165, 1.54) is 11.1 Å². The molecule has 1 rings (SSSR count). The lowest BCUT2D eigenvalue weighted by atomic mass is 10.0. The third kappa shape index (κ3) is 2.32. The largest absolute Gasteiger partial charge is 0.324 e. The van der Waals surface area contributed by atoms with Crippen molar-refractivity contribution >= 4 is 15.9 Å². The number of hydrogen-bond acceptors (Lipinski definition) is 1. The second-order valence-electron chi connectivity index (χ2n) is 3.08. The van der Waals surface area contributed by atoms with E-state index in [2.05, 4.69) is 48.0 Å². The highest BCUT2D eigenvalue weighted by Gasteiger charge is 2.03. The number of nitrogens with two attached hydrogens (primary N) is 1. The van der Waals surface area contributed by atoms with Crippen molar-refractivity contribution in [1.29, 1.82) is 0 Å². The molecule has 1 atom stereocenters. The third-order valence-corrected chi connectivity index (χ3v) is 2.39. The van der Waals surface area contributed by atoms with E-state index < -0.39 is 0 Å². The molecule has 0 aliphatic carbocycles. The van der Waals surface area contributed by atoms with Crippen molar-refractivity contribution in [2.24, 2.45) is 5.73 Å². The molecule has 0 aliphatic heterocycles. The second kappa shape index (κ2) is 4.06. The number of benzene rings is 1. The first kappa shape index (κ1) is 9.75. The summed E-state index contributed by atoms with van der Waals surface area (Å²) in [5.74, 6) is 0. The van der Waals surface area contributed by atoms with Gasteiger partial charge in [0.05, 0.1) is 0 Å². The SMILES string of the molecule is CC[C@@H](N)c1cc(C)cc(Br)c1. The van der Waals surface area contributed by atoms with Gasteiger partial charge in [-0.3, -0.25) is 0 Å². The Morgan fingerprint density at radius 1 is 1.42 bits per heavy atom. The van der Waals surface area contributed by atoms with Gasteiger partial charge >= 0.3 is 0 Å². The van der Waals surface area contributed by atoms with Crippen molar-refractivity contribution < 1.29 is 0 Å². The average molecular weight is 228 g/mol. The quantitative estimate of drug-likeness (QED) is 0.826. The molecule has 0 radical (unpaired) electrons. The lowest BCUT2D eigenvalue weighted by Crippen LogP contribution is -2.08. The van der Waals surface area contributed by atoms with E-state index in [4.69, 9.17) is 5.73 Å². The summed E-state index contributed by atoms with van der Waals surface area (Å²) in [5.41, 5.74) is 8.38. The Kier molecular flexibility index (Phi) is 3.29. The Morgan fingerprint density at radius 3 is 2.58 bits per heavy atom. The van der Waals surface area contributed by atoms with Crippen LogP contribution in [-0.2, 0) is 0 Å². The summed E-state index contributed by atoms with van der Waals surface area (Å²) in [6, 6.07) is 6.48. The molecule has 1 aromatic carbocycles. The van der Waals surface area contributed by atoms with Gasteiger partial charge in [-0.25, -0.2) is 0 Å². The maximum Gasteiger partial charge on any atom is 0.0292 e. The standard InChI is InChI=1S/C10H14BrN/c1-3-10(12)8-4-7(2)5-9(11)6-8/h4-6,10H,3,12H2,1-2H3/t10-/m1/s1. The first-order chi connectivity index (χ1) is 5.63. The lowest BCUT2D eigenvalue weighted by Gasteiger charge is -2.10. The third-order valence-electron chi connectivity index (χ3n) is 1.93. The molecule has 0 unspecified atom stereocenters. The second-order valence-corrected chi connectivity index (χ2v) is 3.99. The fourth-order valence-corrected chi connectivity index (χ4v) is 1.84. The first-order valence-corrected chi connectivity index (χ1v) is 4.95. The molecule has 0 spiro atoms. The summed E-state index contributed by atoms with van der Waals surface area (Å²) in [6.07, 6.45) is 0.982. The van der Waals surface area contributed by atoms with Crippen LogP contribution in [0, 0.1) is 6.92 Å². The van der Waals surface area contributed by atoms with Crippen molar-refractivity contribution in [3.05, 3.63) is 33.8 Å². The highest BCUT2D eigenvalue weighted by Crippen LogP contribution is 2.20. The van der Waals surface area contributed by atoms with Gasteiger partial charge in [-0.05, 0) is 36.6 Å². The van der Waals surface area contributed by atoms with Gasteiger partial charge in [-0.2, -0.15) is 0 Å². The number of aryl methyl sites for hydroxylation is 1. The maximum absolute atomic E-state index is 5.91. The van der Waals surface area contributed by atoms with Gasteiger partial charge in [0.2, 0.25) is 0 Å². The molecular weight excluding hydrogens is 214 g/mol. The van der Waals surface area contributed by atoms with E-state index in [1.54, 1.807) is 0 Å². The molecule has 0 fully saturated rings. The van der Waals surface area contributed by atoms with Crippen LogP contribution in [0.5, 0.6) is 0 Å². The van der Waals surface area contributed by atoms with E-state index in [0.717, 1.165) is 10.9 Å². The van der Waals surface area contributed by atoms with Crippen molar-refractivity contribution in [1.82, 2.24) is 0 Å². The van der Waals surface area contributed by atoms with Gasteiger partial charge in [-0.1, -0.05) is 28.9 Å². The lowest BCUT2D eigenvalue weighted by molar-refractivity contribution is 0.697. The smallest absolute Gasteiger partial charge is 0.0292 e. The summed E-state index contributed by atoms with van der Waals surface area (Å²) >= 11 is 3.45. The van der Waals surface area contributed by atoms with Crippen LogP contribution in [0.15, 0.2) is 22.7 Å². The van der Waals surface area contributed by atoms with Gasteiger partial charge in [-0.15, -0.1) is 0 Å². The van der Waals surface area contributed by atoms with E-state index in [9.17, 15) is 0 Å². The Labute approximate surface area is 82.1 Å². The van der Waals surface area contributed by atoms with Crippen LogP contribution in [0.4, 0.5) is 0 Å². The van der Waals surface area contributed by atoms with E-state index >= 15 is 0 Å². The minimum Gasteiger partial charge on any atom is -0.324 e. The normalized spacial score (nSPS) is 13.0. The van der Waals surface area contributed by atoms with Crippen LogP contribution in [0.2, 0.25) is 0 Å². The topological polar surface area (TPSA) is 26.0 Å². The highest BCUT2D eigenvalue weighted by molar-refractivity contribution is 9.10. The number of rotatable bonds is 2. The van der Waals surface area contributed by atoms with Gasteiger partial charge in [0, 0.05) is 10.5 Å². The van der Waals surface area contributed by atoms with E-state index in [0.29, 0.717) is 0 Å². The van der Waals surface area contributed by atoms with Crippen molar-refractivity contribution in [2.75, 3.05) is 0 Å². The van der Waals surface area contributed by atoms with E-state index in [1.807, 2.05) is 0 Å². The van der Waals surface area contributed by atoms with Crippen molar-refractivity contribution in [3.8, 4) is 0 Å². The maximum atomic E-state index is 5.91.